The van der Waals surface area contributed by atoms with Gasteiger partial charge in [-0.05, 0) is 43.8 Å². The fourth-order valence-corrected chi connectivity index (χ4v) is 3.32. The summed E-state index contributed by atoms with van der Waals surface area (Å²) in [5.41, 5.74) is 0. The third kappa shape index (κ3) is 2.82. The van der Waals surface area contributed by atoms with Crippen LogP contribution in [0.5, 0.6) is 0 Å². The maximum absolute atomic E-state index is 2.69. The van der Waals surface area contributed by atoms with E-state index < -0.39 is 0 Å². The molecule has 0 radical (unpaired) electrons. The highest BCUT2D eigenvalue weighted by molar-refractivity contribution is 7.10. The molecule has 1 saturated heterocycles. The number of rotatable bonds is 4. The third-order valence-electron chi connectivity index (χ3n) is 3.28. The van der Waals surface area contributed by atoms with Crippen molar-refractivity contribution in [3.63, 3.8) is 0 Å². The number of piperidine rings is 1. The summed E-state index contributed by atoms with van der Waals surface area (Å²) in [5, 5.41) is 2.21. The normalized spacial score (nSPS) is 23.1. The van der Waals surface area contributed by atoms with Crippen molar-refractivity contribution < 1.29 is 0 Å². The van der Waals surface area contributed by atoms with Crippen LogP contribution < -0.4 is 0 Å². The van der Waals surface area contributed by atoms with Gasteiger partial charge in [-0.15, -0.1) is 11.3 Å². The highest BCUT2D eigenvalue weighted by Crippen LogP contribution is 2.33. The van der Waals surface area contributed by atoms with Gasteiger partial charge in [-0.3, -0.25) is 4.90 Å². The molecule has 1 aliphatic rings. The van der Waals surface area contributed by atoms with Gasteiger partial charge in [0.15, 0.2) is 0 Å². The van der Waals surface area contributed by atoms with Crippen molar-refractivity contribution in [2.75, 3.05) is 13.1 Å². The van der Waals surface area contributed by atoms with Gasteiger partial charge < -0.3 is 0 Å². The molecule has 0 bridgehead atoms. The van der Waals surface area contributed by atoms with E-state index in [0.29, 0.717) is 0 Å². The van der Waals surface area contributed by atoms with Crippen LogP contribution in [0.4, 0.5) is 0 Å². The van der Waals surface area contributed by atoms with Gasteiger partial charge in [0.05, 0.1) is 0 Å². The zero-order valence-corrected chi connectivity index (χ0v) is 10.4. The Morgan fingerprint density at radius 1 is 1.47 bits per heavy atom. The first-order chi connectivity index (χ1) is 7.42. The minimum atomic E-state index is 0.727. The summed E-state index contributed by atoms with van der Waals surface area (Å²) >= 11 is 1.92. The first-order valence-corrected chi connectivity index (χ1v) is 7.07. The van der Waals surface area contributed by atoms with Gasteiger partial charge in [0.2, 0.25) is 0 Å². The Balaban J connectivity index is 1.99. The molecule has 1 atom stereocenters. The van der Waals surface area contributed by atoms with Gasteiger partial charge in [0.25, 0.3) is 0 Å². The van der Waals surface area contributed by atoms with Crippen molar-refractivity contribution in [3.8, 4) is 0 Å². The first kappa shape index (κ1) is 11.2. The second-order valence-electron chi connectivity index (χ2n) is 4.42. The predicted molar refractivity (Wildman–Crippen MR) is 67.4 cm³/mol. The summed E-state index contributed by atoms with van der Waals surface area (Å²) in [6.45, 7) is 4.88. The van der Waals surface area contributed by atoms with E-state index in [1.807, 2.05) is 11.3 Å². The number of hydrogen-bond acceptors (Lipinski definition) is 2. The van der Waals surface area contributed by atoms with Crippen LogP contribution in [0.15, 0.2) is 17.5 Å². The Hall–Kier alpha value is -0.340. The molecule has 15 heavy (non-hydrogen) atoms. The molecular formula is C13H21NS. The molecule has 2 heteroatoms. The molecule has 84 valence electrons. The molecule has 1 aromatic rings. The van der Waals surface area contributed by atoms with Crippen LogP contribution >= 0.6 is 11.3 Å². The van der Waals surface area contributed by atoms with Gasteiger partial charge in [-0.2, -0.15) is 0 Å². The molecule has 0 aliphatic carbocycles. The summed E-state index contributed by atoms with van der Waals surface area (Å²) in [5.74, 6) is 0. The molecule has 0 aromatic carbocycles. The lowest BCUT2D eigenvalue weighted by atomic mass is 10.0. The van der Waals surface area contributed by atoms with Crippen molar-refractivity contribution in [1.29, 1.82) is 0 Å². The smallest absolute Gasteiger partial charge is 0.0441 e. The van der Waals surface area contributed by atoms with E-state index in [2.05, 4.69) is 29.3 Å². The molecule has 1 aliphatic heterocycles. The van der Waals surface area contributed by atoms with Crippen molar-refractivity contribution in [3.05, 3.63) is 22.4 Å². The Morgan fingerprint density at radius 3 is 3.13 bits per heavy atom. The Bertz CT molecular complexity index is 268. The lowest BCUT2D eigenvalue weighted by Gasteiger charge is -2.35. The van der Waals surface area contributed by atoms with Gasteiger partial charge >= 0.3 is 0 Å². The highest BCUT2D eigenvalue weighted by Gasteiger charge is 2.23. The van der Waals surface area contributed by atoms with Gasteiger partial charge in [-0.1, -0.05) is 25.8 Å². The van der Waals surface area contributed by atoms with Crippen LogP contribution in [0.2, 0.25) is 0 Å². The quantitative estimate of drug-likeness (QED) is 0.743. The minimum absolute atomic E-state index is 0.727. The van der Waals surface area contributed by atoms with Crippen LogP contribution in [0.1, 0.15) is 49.9 Å². The Morgan fingerprint density at radius 2 is 2.40 bits per heavy atom. The van der Waals surface area contributed by atoms with E-state index >= 15 is 0 Å². The molecule has 2 rings (SSSR count). The molecule has 1 fully saturated rings. The molecule has 1 nitrogen and oxygen atoms in total. The minimum Gasteiger partial charge on any atom is -0.296 e. The zero-order valence-electron chi connectivity index (χ0n) is 9.61. The SMILES string of the molecule is CCCCN1CCCC[C@@H]1c1cccs1. The van der Waals surface area contributed by atoms with Crippen LogP contribution in [-0.4, -0.2) is 18.0 Å². The summed E-state index contributed by atoms with van der Waals surface area (Å²) in [4.78, 5) is 4.27. The van der Waals surface area contributed by atoms with E-state index in [9.17, 15) is 0 Å². The van der Waals surface area contributed by atoms with Crippen molar-refractivity contribution in [1.82, 2.24) is 4.90 Å². The van der Waals surface area contributed by atoms with Gasteiger partial charge in [0.1, 0.15) is 0 Å². The van der Waals surface area contributed by atoms with E-state index in [-0.39, 0.29) is 0 Å². The van der Waals surface area contributed by atoms with E-state index in [1.54, 1.807) is 4.88 Å². The van der Waals surface area contributed by atoms with E-state index in [4.69, 9.17) is 0 Å². The number of unbranched alkanes of at least 4 members (excludes halogenated alkanes) is 1. The number of thiophene rings is 1. The van der Waals surface area contributed by atoms with Crippen molar-refractivity contribution >= 4 is 11.3 Å². The number of hydrogen-bond donors (Lipinski definition) is 0. The third-order valence-corrected chi connectivity index (χ3v) is 4.26. The van der Waals surface area contributed by atoms with Crippen LogP contribution in [-0.2, 0) is 0 Å². The molecule has 0 N–H and O–H groups in total. The first-order valence-electron chi connectivity index (χ1n) is 6.19. The van der Waals surface area contributed by atoms with Crippen LogP contribution in [0, 0.1) is 0 Å². The summed E-state index contributed by atoms with van der Waals surface area (Å²) < 4.78 is 0. The molecule has 0 saturated carbocycles. The summed E-state index contributed by atoms with van der Waals surface area (Å²) in [6.07, 6.45) is 6.83. The zero-order chi connectivity index (χ0) is 10.5. The molecule has 0 spiro atoms. The van der Waals surface area contributed by atoms with Crippen LogP contribution in [0.25, 0.3) is 0 Å². The molecule has 0 unspecified atom stereocenters. The highest BCUT2D eigenvalue weighted by atomic mass is 32.1. The largest absolute Gasteiger partial charge is 0.296 e. The van der Waals surface area contributed by atoms with Crippen molar-refractivity contribution in [2.45, 2.75) is 45.1 Å². The molecule has 1 aromatic heterocycles. The average Bonchev–Trinajstić information content (AvgIpc) is 2.80. The lowest BCUT2D eigenvalue weighted by molar-refractivity contribution is 0.149. The van der Waals surface area contributed by atoms with Crippen molar-refractivity contribution in [2.24, 2.45) is 0 Å². The molecule has 2 heterocycles. The second-order valence-corrected chi connectivity index (χ2v) is 5.40. The van der Waals surface area contributed by atoms with E-state index in [1.165, 1.54) is 45.2 Å². The monoisotopic (exact) mass is 223 g/mol. The second kappa shape index (κ2) is 5.66. The topological polar surface area (TPSA) is 3.24 Å². The maximum Gasteiger partial charge on any atom is 0.0441 e. The average molecular weight is 223 g/mol. The van der Waals surface area contributed by atoms with Crippen LogP contribution in [0.3, 0.4) is 0 Å². The summed E-state index contributed by atoms with van der Waals surface area (Å²) in [7, 11) is 0. The van der Waals surface area contributed by atoms with E-state index in [0.717, 1.165) is 6.04 Å². The Kier molecular flexibility index (Phi) is 4.21. The number of likely N-dealkylation sites (tertiary alicyclic amines) is 1. The lowest BCUT2D eigenvalue weighted by Crippen LogP contribution is -2.33. The summed E-state index contributed by atoms with van der Waals surface area (Å²) in [6, 6.07) is 5.22. The molecule has 0 amide bonds. The Labute approximate surface area is 97.1 Å². The maximum atomic E-state index is 2.69. The van der Waals surface area contributed by atoms with Gasteiger partial charge in [0, 0.05) is 10.9 Å². The van der Waals surface area contributed by atoms with Gasteiger partial charge in [-0.25, -0.2) is 0 Å². The standard InChI is InChI=1S/C13H21NS/c1-2-3-9-14-10-5-4-7-12(14)13-8-6-11-15-13/h6,8,11-12H,2-5,7,9-10H2,1H3/t12-/m1/s1. The fourth-order valence-electron chi connectivity index (χ4n) is 2.42. The number of nitrogens with zero attached hydrogens (tertiary/aromatic N) is 1. The fraction of sp³-hybridized carbons (Fsp3) is 0.692. The molecular weight excluding hydrogens is 202 g/mol. The predicted octanol–water partition coefficient (Wildman–Crippen LogP) is 4.08.